The average molecular weight is 369 g/mol. The highest BCUT2D eigenvalue weighted by molar-refractivity contribution is 7.90. The molecule has 1 aromatic carbocycles. The van der Waals surface area contributed by atoms with Crippen LogP contribution in [0.1, 0.15) is 23.0 Å². The van der Waals surface area contributed by atoms with Gasteiger partial charge in [0.25, 0.3) is 0 Å². The summed E-state index contributed by atoms with van der Waals surface area (Å²) in [7, 11) is -3.58. The number of hydrogen-bond acceptors (Lipinski definition) is 6. The largest absolute Gasteiger partial charge is 0.461 e. The number of ether oxygens (including phenoxy) is 1. The van der Waals surface area contributed by atoms with Gasteiger partial charge in [-0.05, 0) is 25.1 Å². The third kappa shape index (κ3) is 2.50. The number of fused-ring (bicyclic) bond motifs is 3. The summed E-state index contributed by atoms with van der Waals surface area (Å²) in [6, 6.07) is 12.0. The maximum absolute atomic E-state index is 12.7. The summed E-state index contributed by atoms with van der Waals surface area (Å²) in [6.07, 6.45) is 1.61. The van der Waals surface area contributed by atoms with Gasteiger partial charge in [0.2, 0.25) is 0 Å². The Hall–Kier alpha value is -3.00. The molecule has 3 heterocycles. The van der Waals surface area contributed by atoms with Crippen LogP contribution in [-0.4, -0.2) is 35.8 Å². The first kappa shape index (κ1) is 16.5. The maximum atomic E-state index is 12.7. The van der Waals surface area contributed by atoms with Gasteiger partial charge in [-0.1, -0.05) is 24.3 Å². The number of rotatable bonds is 3. The number of esters is 1. The van der Waals surface area contributed by atoms with E-state index < -0.39 is 15.8 Å². The van der Waals surface area contributed by atoms with E-state index in [2.05, 4.69) is 10.1 Å². The molecular formula is C18H15N3O4S. The molecular weight excluding hydrogens is 354 g/mol. The second-order valence-corrected chi connectivity index (χ2v) is 7.71. The maximum Gasteiger partial charge on any atom is 0.359 e. The van der Waals surface area contributed by atoms with Crippen molar-refractivity contribution in [2.45, 2.75) is 17.6 Å². The van der Waals surface area contributed by atoms with Crippen molar-refractivity contribution in [3.8, 4) is 17.1 Å². The zero-order valence-corrected chi connectivity index (χ0v) is 14.7. The molecule has 26 heavy (non-hydrogen) atoms. The van der Waals surface area contributed by atoms with Crippen molar-refractivity contribution in [3.63, 3.8) is 0 Å². The zero-order chi connectivity index (χ0) is 18.3. The quantitative estimate of drug-likeness (QED) is 0.659. The molecule has 0 saturated carbocycles. The van der Waals surface area contributed by atoms with Gasteiger partial charge in [0.05, 0.1) is 22.9 Å². The number of carbonyl (C=O) groups is 1. The summed E-state index contributed by atoms with van der Waals surface area (Å²) in [6.45, 7) is 1.86. The van der Waals surface area contributed by atoms with E-state index in [9.17, 15) is 13.2 Å². The van der Waals surface area contributed by atoms with Crippen LogP contribution >= 0.6 is 0 Å². The van der Waals surface area contributed by atoms with Crippen molar-refractivity contribution in [2.75, 3.05) is 6.61 Å². The van der Waals surface area contributed by atoms with Gasteiger partial charge in [-0.15, -0.1) is 0 Å². The third-order valence-corrected chi connectivity index (χ3v) is 5.82. The van der Waals surface area contributed by atoms with Gasteiger partial charge in [0, 0.05) is 17.3 Å². The monoisotopic (exact) mass is 369 g/mol. The van der Waals surface area contributed by atoms with Gasteiger partial charge in [-0.3, -0.25) is 0 Å². The minimum absolute atomic E-state index is 0.00517. The van der Waals surface area contributed by atoms with E-state index in [0.717, 1.165) is 0 Å². The highest BCUT2D eigenvalue weighted by Crippen LogP contribution is 2.40. The Kier molecular flexibility index (Phi) is 3.84. The van der Waals surface area contributed by atoms with E-state index in [1.54, 1.807) is 55.6 Å². The Morgan fingerprint density at radius 2 is 1.96 bits per heavy atom. The van der Waals surface area contributed by atoms with Crippen LogP contribution in [0.3, 0.4) is 0 Å². The summed E-state index contributed by atoms with van der Waals surface area (Å²) >= 11 is 0. The minimum Gasteiger partial charge on any atom is -0.461 e. The van der Waals surface area contributed by atoms with Crippen LogP contribution in [0.25, 0.3) is 17.1 Å². The summed E-state index contributed by atoms with van der Waals surface area (Å²) in [5.41, 5.74) is 1.40. The van der Waals surface area contributed by atoms with Gasteiger partial charge >= 0.3 is 5.97 Å². The predicted molar refractivity (Wildman–Crippen MR) is 93.6 cm³/mol. The highest BCUT2D eigenvalue weighted by Gasteiger charge is 2.36. The third-order valence-electron chi connectivity index (χ3n) is 4.13. The van der Waals surface area contributed by atoms with E-state index in [4.69, 9.17) is 4.74 Å². The fourth-order valence-corrected chi connectivity index (χ4v) is 4.67. The Balaban J connectivity index is 2.05. The van der Waals surface area contributed by atoms with Crippen molar-refractivity contribution in [1.29, 1.82) is 0 Å². The van der Waals surface area contributed by atoms with Crippen molar-refractivity contribution in [2.24, 2.45) is 0 Å². The van der Waals surface area contributed by atoms with Gasteiger partial charge in [0.15, 0.2) is 21.3 Å². The standard InChI is InChI=1S/C18H15N3O4S/c1-2-25-18(22)16-13-11-26(23,24)14-8-4-3-7-12(14)17(13)21(20-16)15-9-5-6-10-19-15/h3-10H,2,11H2,1H3. The number of nitrogens with zero attached hydrogens (tertiary/aromatic N) is 3. The van der Waals surface area contributed by atoms with Crippen LogP contribution in [-0.2, 0) is 20.3 Å². The molecule has 4 rings (SSSR count). The second kappa shape index (κ2) is 6.06. The predicted octanol–water partition coefficient (Wildman–Crippen LogP) is 2.40. The number of hydrogen-bond donors (Lipinski definition) is 0. The molecule has 0 unspecified atom stereocenters. The molecule has 7 nitrogen and oxygen atoms in total. The Labute approximate surface area is 150 Å². The number of sulfone groups is 1. The van der Waals surface area contributed by atoms with E-state index in [1.165, 1.54) is 4.68 Å². The molecule has 0 atom stereocenters. The SMILES string of the molecule is CCOC(=O)c1nn(-c2ccccn2)c2c1CS(=O)(=O)c1ccccc1-2. The summed E-state index contributed by atoms with van der Waals surface area (Å²) in [4.78, 5) is 16.9. The fraction of sp³-hybridized carbons (Fsp3) is 0.167. The molecule has 8 heteroatoms. The summed E-state index contributed by atoms with van der Waals surface area (Å²) < 4.78 is 32.0. The molecule has 0 bridgehead atoms. The number of carbonyl (C=O) groups excluding carboxylic acids is 1. The van der Waals surface area contributed by atoms with Crippen molar-refractivity contribution in [3.05, 3.63) is 59.9 Å². The molecule has 0 fully saturated rings. The van der Waals surface area contributed by atoms with Crippen LogP contribution in [0.15, 0.2) is 53.6 Å². The van der Waals surface area contributed by atoms with Gasteiger partial charge in [0.1, 0.15) is 0 Å². The summed E-state index contributed by atoms with van der Waals surface area (Å²) in [5, 5.41) is 4.36. The lowest BCUT2D eigenvalue weighted by molar-refractivity contribution is 0.0518. The second-order valence-electron chi connectivity index (χ2n) is 5.75. The lowest BCUT2D eigenvalue weighted by Gasteiger charge is -2.18. The van der Waals surface area contributed by atoms with Crippen LogP contribution in [0, 0.1) is 0 Å². The Morgan fingerprint density at radius 1 is 1.19 bits per heavy atom. The van der Waals surface area contributed by atoms with Crippen molar-refractivity contribution < 1.29 is 17.9 Å². The molecule has 2 aromatic heterocycles. The molecule has 0 amide bonds. The smallest absolute Gasteiger partial charge is 0.359 e. The first-order valence-corrected chi connectivity index (χ1v) is 9.70. The molecule has 0 spiro atoms. The van der Waals surface area contributed by atoms with Gasteiger partial charge in [-0.25, -0.2) is 22.9 Å². The molecule has 1 aliphatic rings. The lowest BCUT2D eigenvalue weighted by Crippen LogP contribution is -2.16. The molecule has 1 aliphatic heterocycles. The molecule has 3 aromatic rings. The van der Waals surface area contributed by atoms with Crippen LogP contribution in [0.4, 0.5) is 0 Å². The van der Waals surface area contributed by atoms with Crippen LogP contribution in [0.5, 0.6) is 0 Å². The normalized spacial score (nSPS) is 14.3. The first-order chi connectivity index (χ1) is 12.5. The summed E-state index contributed by atoms with van der Waals surface area (Å²) in [5.74, 6) is -0.457. The van der Waals surface area contributed by atoms with Gasteiger partial charge in [-0.2, -0.15) is 5.10 Å². The van der Waals surface area contributed by atoms with E-state index in [-0.39, 0.29) is 22.9 Å². The topological polar surface area (TPSA) is 91.2 Å². The minimum atomic E-state index is -3.58. The number of benzene rings is 1. The fourth-order valence-electron chi connectivity index (χ4n) is 3.07. The van der Waals surface area contributed by atoms with Crippen molar-refractivity contribution in [1.82, 2.24) is 14.8 Å². The molecule has 0 radical (unpaired) electrons. The van der Waals surface area contributed by atoms with Gasteiger partial charge < -0.3 is 4.74 Å². The van der Waals surface area contributed by atoms with Crippen molar-refractivity contribution >= 4 is 15.8 Å². The molecule has 0 aliphatic carbocycles. The Bertz CT molecular complexity index is 1100. The molecule has 0 saturated heterocycles. The van der Waals surface area contributed by atoms with Crippen LogP contribution in [0.2, 0.25) is 0 Å². The van der Waals surface area contributed by atoms with Crippen LogP contribution < -0.4 is 0 Å². The Morgan fingerprint density at radius 3 is 2.69 bits per heavy atom. The van der Waals surface area contributed by atoms with E-state index in [0.29, 0.717) is 22.6 Å². The molecule has 132 valence electrons. The van der Waals surface area contributed by atoms with E-state index in [1.807, 2.05) is 0 Å². The van der Waals surface area contributed by atoms with E-state index >= 15 is 0 Å². The number of pyridine rings is 1. The number of aromatic nitrogens is 3. The zero-order valence-electron chi connectivity index (χ0n) is 13.9. The molecule has 0 N–H and O–H groups in total. The first-order valence-electron chi connectivity index (χ1n) is 8.05. The highest BCUT2D eigenvalue weighted by atomic mass is 32.2. The average Bonchev–Trinajstić information content (AvgIpc) is 3.01. The lowest BCUT2D eigenvalue weighted by atomic mass is 10.1.